The van der Waals surface area contributed by atoms with Gasteiger partial charge in [-0.25, -0.2) is 4.79 Å². The second-order valence-electron chi connectivity index (χ2n) is 11.9. The third-order valence-corrected chi connectivity index (χ3v) is 8.57. The van der Waals surface area contributed by atoms with Gasteiger partial charge in [-0.3, -0.25) is 4.79 Å². The molecule has 2 aromatic rings. The van der Waals surface area contributed by atoms with Crippen LogP contribution in [-0.2, 0) is 38.0 Å². The van der Waals surface area contributed by atoms with Crippen molar-refractivity contribution in [3.05, 3.63) is 0 Å². The molecule has 2 fully saturated rings. The summed E-state index contributed by atoms with van der Waals surface area (Å²) in [6.07, 6.45) is -0.865. The Morgan fingerprint density at radius 1 is 0.684 bits per heavy atom. The molecule has 2 atom stereocenters. The molecular weight excluding hydrogens is 793 g/mol. The van der Waals surface area contributed by atoms with Crippen molar-refractivity contribution >= 4 is 46.8 Å². The monoisotopic (exact) mass is 854 g/mol. The second-order valence-corrected chi connectivity index (χ2v) is 13.0. The number of aliphatic hydroxyl groups excluding tert-OH is 2. The van der Waals surface area contributed by atoms with Crippen molar-refractivity contribution < 1.29 is 62.8 Å². The van der Waals surface area contributed by atoms with Crippen LogP contribution in [0, 0.1) is 0 Å². The molecule has 21 nitrogen and oxygen atoms in total. The van der Waals surface area contributed by atoms with Crippen LogP contribution in [-0.4, -0.2) is 202 Å². The number of aliphatic carboxylic acids is 1. The van der Waals surface area contributed by atoms with Crippen LogP contribution >= 0.6 is 23.5 Å². The van der Waals surface area contributed by atoms with E-state index < -0.39 is 18.2 Å². The molecule has 0 spiro atoms. The molecule has 4 rings (SSSR count). The van der Waals surface area contributed by atoms with Gasteiger partial charge in [-0.05, 0) is 0 Å². The van der Waals surface area contributed by atoms with E-state index in [-0.39, 0.29) is 38.8 Å². The van der Waals surface area contributed by atoms with E-state index in [9.17, 15) is 19.8 Å². The van der Waals surface area contributed by atoms with E-state index in [1.54, 1.807) is 0 Å². The maximum absolute atomic E-state index is 11.1. The minimum atomic E-state index is -1.00. The number of carboxylic acids is 1. The summed E-state index contributed by atoms with van der Waals surface area (Å²) < 4.78 is 59.4. The maximum atomic E-state index is 11.1. The number of nitrogens with zero attached hydrogens (tertiary/aromatic N) is 6. The summed E-state index contributed by atoms with van der Waals surface area (Å²) >= 11 is 2.18. The van der Waals surface area contributed by atoms with Crippen LogP contribution in [0.3, 0.4) is 0 Å². The number of ether oxygens (including phenoxy) is 8. The number of nitrogens with one attached hydrogen (secondary N) is 2. The Morgan fingerprint density at radius 2 is 1.11 bits per heavy atom. The number of hydrogen-bond acceptors (Lipinski definition) is 22. The first-order chi connectivity index (χ1) is 27.9. The van der Waals surface area contributed by atoms with Gasteiger partial charge in [-0.2, -0.15) is 8.75 Å². The smallest absolute Gasteiger partial charge is 0.329 e. The number of aromatic nitrogens is 4. The first-order valence-corrected chi connectivity index (χ1v) is 20.7. The summed E-state index contributed by atoms with van der Waals surface area (Å²) in [5.74, 6) is 1.38. The topological polar surface area (TPSA) is 251 Å². The Hall–Kier alpha value is -2.94. The van der Waals surface area contributed by atoms with Gasteiger partial charge in [0.2, 0.25) is 11.6 Å². The number of aliphatic hydroxyl groups is 2. The number of carbonyl (C=O) groups excluding carboxylic acids is 1. The van der Waals surface area contributed by atoms with Gasteiger partial charge in [0.25, 0.3) is 11.8 Å². The Bertz CT molecular complexity index is 1290. The van der Waals surface area contributed by atoms with Gasteiger partial charge in [0.1, 0.15) is 38.6 Å². The first-order valence-electron chi connectivity index (χ1n) is 19.2. The average Bonchev–Trinajstić information content (AvgIpc) is 3.92. The summed E-state index contributed by atoms with van der Waals surface area (Å²) in [5, 5.41) is 34.6. The first kappa shape index (κ1) is 50.2. The summed E-state index contributed by atoms with van der Waals surface area (Å²) in [7, 11) is 0. The van der Waals surface area contributed by atoms with Gasteiger partial charge in [0.15, 0.2) is 5.78 Å². The number of Topliss-reactive ketones (excluding diaryl/α,β-unsaturated/α-hetero) is 1. The van der Waals surface area contributed by atoms with Crippen LogP contribution < -0.4 is 29.9 Å². The number of morpholine rings is 2. The molecule has 2 aliphatic rings. The zero-order chi connectivity index (χ0) is 41.4. The summed E-state index contributed by atoms with van der Waals surface area (Å²) in [4.78, 5) is 25.4. The van der Waals surface area contributed by atoms with Crippen molar-refractivity contribution in [3.8, 4) is 11.8 Å². The highest BCUT2D eigenvalue weighted by Crippen LogP contribution is 2.27. The van der Waals surface area contributed by atoms with E-state index in [4.69, 9.17) is 43.0 Å². The van der Waals surface area contributed by atoms with Crippen molar-refractivity contribution in [2.45, 2.75) is 39.4 Å². The van der Waals surface area contributed by atoms with E-state index in [0.29, 0.717) is 115 Å². The summed E-state index contributed by atoms with van der Waals surface area (Å²) in [5.41, 5.74) is 0. The lowest BCUT2D eigenvalue weighted by Crippen LogP contribution is -2.37. The van der Waals surface area contributed by atoms with Crippen LogP contribution in [0.25, 0.3) is 0 Å². The Morgan fingerprint density at radius 3 is 1.53 bits per heavy atom. The highest BCUT2D eigenvalue weighted by Gasteiger charge is 2.22. The molecule has 0 radical (unpaired) electrons. The Kier molecular flexibility index (Phi) is 29.0. The molecule has 0 aromatic carbocycles. The van der Waals surface area contributed by atoms with E-state index in [2.05, 4.69) is 37.9 Å². The van der Waals surface area contributed by atoms with Gasteiger partial charge in [-0.15, -0.1) is 8.75 Å². The normalized spacial score (nSPS) is 15.2. The number of rotatable bonds is 29. The number of ketones is 1. The van der Waals surface area contributed by atoms with Crippen molar-refractivity contribution in [2.75, 3.05) is 155 Å². The van der Waals surface area contributed by atoms with E-state index in [0.717, 1.165) is 49.6 Å². The number of carbonyl (C=O) groups is 2. The Labute approximate surface area is 342 Å². The van der Waals surface area contributed by atoms with Crippen molar-refractivity contribution in [1.82, 2.24) is 28.1 Å². The van der Waals surface area contributed by atoms with Crippen molar-refractivity contribution in [2.24, 2.45) is 0 Å². The van der Waals surface area contributed by atoms with E-state index >= 15 is 0 Å². The predicted octanol–water partition coefficient (Wildman–Crippen LogP) is -0.436. The third-order valence-electron chi connectivity index (χ3n) is 7.56. The minimum Gasteiger partial charge on any atom is -0.480 e. The van der Waals surface area contributed by atoms with Crippen molar-refractivity contribution in [3.63, 3.8) is 0 Å². The van der Waals surface area contributed by atoms with Crippen LogP contribution in [0.2, 0.25) is 0 Å². The molecule has 0 saturated carbocycles. The van der Waals surface area contributed by atoms with Crippen LogP contribution in [0.1, 0.15) is 27.2 Å². The molecule has 23 heteroatoms. The van der Waals surface area contributed by atoms with Crippen LogP contribution in [0.4, 0.5) is 11.6 Å². The van der Waals surface area contributed by atoms with E-state index in [1.807, 2.05) is 20.8 Å². The lowest BCUT2D eigenvalue weighted by molar-refractivity contribution is -0.142. The fraction of sp³-hybridized carbons (Fsp3) is 0.824. The molecule has 2 saturated heterocycles. The van der Waals surface area contributed by atoms with Crippen molar-refractivity contribution in [1.29, 1.82) is 0 Å². The molecule has 5 N–H and O–H groups in total. The molecule has 0 aliphatic carbocycles. The molecule has 0 bridgehead atoms. The lowest BCUT2D eigenvalue weighted by Gasteiger charge is -2.26. The Balaban J connectivity index is 0.000000377. The largest absolute Gasteiger partial charge is 0.480 e. The standard InChI is InChI=1S/C17H30N4O6S.C15H26N4O7S.C2H6/c1-2-14(22)12-26-10-9-24-6-3-18-11-15(23)13-27-17-16(19-28-20-17)21-4-7-25-8-5-21;20-12(9-16-1-4-23-7-8-25-11-13(21)22)10-26-15-14(17-27-18-15)19-2-5-24-6-3-19;1-2/h15,18,23H,2-13H2,1H3;12,16,20H,1-11H2,(H,21,22);1-2H3/t15-;12-;/m00./s1. The zero-order valence-electron chi connectivity index (χ0n) is 33.3. The highest BCUT2D eigenvalue weighted by atomic mass is 32.1. The molecular formula is C34H62N8O13S2. The molecule has 328 valence electrons. The summed E-state index contributed by atoms with van der Waals surface area (Å²) in [6, 6.07) is 0. The molecule has 0 amide bonds. The number of hydrogen-bond donors (Lipinski definition) is 5. The molecule has 2 aromatic heterocycles. The third kappa shape index (κ3) is 23.3. The minimum absolute atomic E-state index is 0.0865. The van der Waals surface area contributed by atoms with Gasteiger partial charge in [0, 0.05) is 58.8 Å². The second kappa shape index (κ2) is 33.0. The highest BCUT2D eigenvalue weighted by molar-refractivity contribution is 6.99. The van der Waals surface area contributed by atoms with Gasteiger partial charge >= 0.3 is 5.97 Å². The number of carboxylic acid groups (broad SMARTS) is 1. The maximum Gasteiger partial charge on any atom is 0.329 e. The molecule has 57 heavy (non-hydrogen) atoms. The van der Waals surface area contributed by atoms with Crippen LogP contribution in [0.15, 0.2) is 0 Å². The van der Waals surface area contributed by atoms with E-state index in [1.165, 1.54) is 0 Å². The molecule has 0 unspecified atom stereocenters. The SMILES string of the molecule is CC.CCC(=O)COCCOCCNC[C@H](O)COc1nsnc1N1CCOCC1.O=C(O)COCCOCCNC[C@H](O)COc1nsnc1N1CCOCC1. The average molecular weight is 855 g/mol. The predicted molar refractivity (Wildman–Crippen MR) is 212 cm³/mol. The van der Waals surface area contributed by atoms with Gasteiger partial charge < -0.3 is 73.6 Å². The van der Waals surface area contributed by atoms with Gasteiger partial charge in [0.05, 0.1) is 89.5 Å². The molecule has 2 aliphatic heterocycles. The molecule has 4 heterocycles. The van der Waals surface area contributed by atoms with Crippen LogP contribution in [0.5, 0.6) is 11.8 Å². The fourth-order valence-corrected chi connectivity index (χ4v) is 5.69. The quantitative estimate of drug-likeness (QED) is 0.0651. The fourth-order valence-electron chi connectivity index (χ4n) is 4.65. The number of anilines is 2. The lowest BCUT2D eigenvalue weighted by atomic mass is 10.3. The summed E-state index contributed by atoms with van der Waals surface area (Å²) in [6.45, 7) is 15.7. The van der Waals surface area contributed by atoms with Gasteiger partial charge in [-0.1, -0.05) is 20.8 Å². The zero-order valence-corrected chi connectivity index (χ0v) is 35.0.